The molecule has 164 valence electrons. The van der Waals surface area contributed by atoms with Gasteiger partial charge in [-0.15, -0.1) is 0 Å². The van der Waals surface area contributed by atoms with Gasteiger partial charge in [-0.3, -0.25) is 9.59 Å². The lowest BCUT2D eigenvalue weighted by molar-refractivity contribution is -0.125. The lowest BCUT2D eigenvalue weighted by atomic mass is 10.1. The zero-order valence-electron chi connectivity index (χ0n) is 17.8. The molecule has 2 amide bonds. The van der Waals surface area contributed by atoms with Crippen molar-refractivity contribution in [2.75, 3.05) is 18.8 Å². The number of nitrogens with zero attached hydrogens (tertiary/aromatic N) is 3. The number of hydrogen-bond acceptors (Lipinski definition) is 5. The van der Waals surface area contributed by atoms with E-state index in [4.69, 9.17) is 16.2 Å². The molecule has 3 aromatic rings. The molecular weight excluding hydrogens is 406 g/mol. The summed E-state index contributed by atoms with van der Waals surface area (Å²) in [6.07, 6.45) is 3.94. The molecule has 1 fully saturated rings. The number of amides is 2. The molecule has 1 atom stereocenters. The van der Waals surface area contributed by atoms with Gasteiger partial charge in [0, 0.05) is 18.7 Å². The summed E-state index contributed by atoms with van der Waals surface area (Å²) < 4.78 is 7.44. The smallest absolute Gasteiger partial charge is 0.254 e. The lowest BCUT2D eigenvalue weighted by Crippen LogP contribution is -2.27. The van der Waals surface area contributed by atoms with E-state index in [0.717, 1.165) is 5.75 Å². The van der Waals surface area contributed by atoms with Crippen molar-refractivity contribution in [3.05, 3.63) is 72.3 Å². The first-order valence-electron chi connectivity index (χ1n) is 10.4. The van der Waals surface area contributed by atoms with Crippen LogP contribution in [0.2, 0.25) is 0 Å². The highest BCUT2D eigenvalue weighted by Gasteiger charge is 2.31. The fourth-order valence-electron chi connectivity index (χ4n) is 3.87. The zero-order valence-corrected chi connectivity index (χ0v) is 17.8. The fraction of sp³-hybridized carbons (Fsp3) is 0.208. The van der Waals surface area contributed by atoms with E-state index >= 15 is 0 Å². The number of ether oxygens (including phenoxy) is 1. The predicted molar refractivity (Wildman–Crippen MR) is 122 cm³/mol. The van der Waals surface area contributed by atoms with E-state index in [1.165, 1.54) is 6.08 Å². The number of benzene rings is 2. The fourth-order valence-corrected chi connectivity index (χ4v) is 3.87. The molecule has 0 radical (unpaired) electrons. The number of carbonyl (C=O) groups excluding carboxylic acids is 2. The molecule has 0 spiro atoms. The molecule has 4 N–H and O–H groups in total. The zero-order chi connectivity index (χ0) is 22.7. The second-order valence-corrected chi connectivity index (χ2v) is 7.58. The van der Waals surface area contributed by atoms with E-state index in [0.29, 0.717) is 36.5 Å². The molecule has 8 heteroatoms. The molecule has 1 unspecified atom stereocenters. The Labute approximate surface area is 186 Å². The third kappa shape index (κ3) is 4.20. The van der Waals surface area contributed by atoms with E-state index in [1.807, 2.05) is 42.5 Å². The van der Waals surface area contributed by atoms with Crippen LogP contribution in [0.15, 0.2) is 66.7 Å². The second kappa shape index (κ2) is 8.97. The molecule has 1 saturated heterocycles. The minimum Gasteiger partial charge on any atom is -0.457 e. The summed E-state index contributed by atoms with van der Waals surface area (Å²) in [4.78, 5) is 26.1. The number of nitrogen functional groups attached to an aromatic ring is 1. The van der Waals surface area contributed by atoms with Crippen molar-refractivity contribution in [2.24, 2.45) is 5.73 Å². The molecule has 2 heterocycles. The normalized spacial score (nSPS) is 15.9. The largest absolute Gasteiger partial charge is 0.457 e. The van der Waals surface area contributed by atoms with Crippen molar-refractivity contribution in [3.8, 4) is 22.8 Å². The van der Waals surface area contributed by atoms with E-state index in [9.17, 15) is 9.59 Å². The average molecular weight is 431 g/mol. The van der Waals surface area contributed by atoms with Gasteiger partial charge >= 0.3 is 0 Å². The SMILES string of the molecule is CC=CC(=O)N1CCC(n2nc(-c3ccc(Oc4ccccc4)cc3)c(C(N)=O)c2N)C1. The van der Waals surface area contributed by atoms with Gasteiger partial charge in [0.15, 0.2) is 0 Å². The quantitative estimate of drug-likeness (QED) is 0.581. The van der Waals surface area contributed by atoms with Crippen molar-refractivity contribution in [1.29, 1.82) is 0 Å². The summed E-state index contributed by atoms with van der Waals surface area (Å²) in [5.74, 6) is 0.896. The topological polar surface area (TPSA) is 116 Å². The molecule has 2 aromatic carbocycles. The van der Waals surface area contributed by atoms with Crippen LogP contribution in [0.25, 0.3) is 11.3 Å². The number of aromatic nitrogens is 2. The number of hydrogen-bond donors (Lipinski definition) is 2. The first kappa shape index (κ1) is 21.2. The van der Waals surface area contributed by atoms with Crippen molar-refractivity contribution >= 4 is 17.6 Å². The van der Waals surface area contributed by atoms with Gasteiger partial charge in [0.1, 0.15) is 28.6 Å². The number of rotatable bonds is 6. The van der Waals surface area contributed by atoms with E-state index in [1.54, 1.807) is 34.7 Å². The number of para-hydroxylation sites is 1. The highest BCUT2D eigenvalue weighted by atomic mass is 16.5. The molecule has 1 aromatic heterocycles. The van der Waals surface area contributed by atoms with Gasteiger partial charge in [0.05, 0.1) is 6.04 Å². The van der Waals surface area contributed by atoms with Crippen molar-refractivity contribution < 1.29 is 14.3 Å². The van der Waals surface area contributed by atoms with Crippen LogP contribution in [0.4, 0.5) is 5.82 Å². The molecule has 32 heavy (non-hydrogen) atoms. The maximum Gasteiger partial charge on any atom is 0.254 e. The Morgan fingerprint density at radius 2 is 1.78 bits per heavy atom. The van der Waals surface area contributed by atoms with E-state index in [2.05, 4.69) is 5.10 Å². The third-order valence-electron chi connectivity index (χ3n) is 5.43. The van der Waals surface area contributed by atoms with Crippen LogP contribution < -0.4 is 16.2 Å². The summed E-state index contributed by atoms with van der Waals surface area (Å²) in [7, 11) is 0. The predicted octanol–water partition coefficient (Wildman–Crippen LogP) is 3.37. The summed E-state index contributed by atoms with van der Waals surface area (Å²) in [5.41, 5.74) is 13.2. The van der Waals surface area contributed by atoms with Gasteiger partial charge in [-0.25, -0.2) is 4.68 Å². The second-order valence-electron chi connectivity index (χ2n) is 7.58. The van der Waals surface area contributed by atoms with E-state index < -0.39 is 5.91 Å². The van der Waals surface area contributed by atoms with Gasteiger partial charge < -0.3 is 21.1 Å². The van der Waals surface area contributed by atoms with Gasteiger partial charge in [-0.1, -0.05) is 24.3 Å². The van der Waals surface area contributed by atoms with Gasteiger partial charge in [-0.2, -0.15) is 5.10 Å². The van der Waals surface area contributed by atoms with Crippen molar-refractivity contribution in [3.63, 3.8) is 0 Å². The van der Waals surface area contributed by atoms with Crippen LogP contribution in [0, 0.1) is 0 Å². The van der Waals surface area contributed by atoms with Gasteiger partial charge in [-0.05, 0) is 55.8 Å². The van der Waals surface area contributed by atoms with Gasteiger partial charge in [0.25, 0.3) is 5.91 Å². The number of allylic oxidation sites excluding steroid dienone is 1. The summed E-state index contributed by atoms with van der Waals surface area (Å²) in [6, 6.07) is 16.5. The summed E-state index contributed by atoms with van der Waals surface area (Å²) in [5, 5.41) is 4.63. The molecule has 8 nitrogen and oxygen atoms in total. The third-order valence-corrected chi connectivity index (χ3v) is 5.43. The summed E-state index contributed by atoms with van der Waals surface area (Å²) in [6.45, 7) is 2.87. The molecule has 1 aliphatic heterocycles. The Hall–Kier alpha value is -4.07. The van der Waals surface area contributed by atoms with Gasteiger partial charge in [0.2, 0.25) is 5.91 Å². The number of primary amides is 1. The Morgan fingerprint density at radius 3 is 2.44 bits per heavy atom. The van der Waals surface area contributed by atoms with E-state index in [-0.39, 0.29) is 23.3 Å². The molecular formula is C24H25N5O3. The molecule has 1 aliphatic rings. The number of carbonyl (C=O) groups is 2. The number of nitrogens with two attached hydrogens (primary N) is 2. The monoisotopic (exact) mass is 431 g/mol. The minimum absolute atomic E-state index is 0.0509. The van der Waals surface area contributed by atoms with Crippen LogP contribution in [-0.2, 0) is 4.79 Å². The van der Waals surface area contributed by atoms with Crippen LogP contribution in [0.5, 0.6) is 11.5 Å². The minimum atomic E-state index is -0.645. The highest BCUT2D eigenvalue weighted by molar-refractivity contribution is 6.03. The maximum absolute atomic E-state index is 12.2. The lowest BCUT2D eigenvalue weighted by Gasteiger charge is -2.15. The number of anilines is 1. The summed E-state index contributed by atoms with van der Waals surface area (Å²) >= 11 is 0. The Kier molecular flexibility index (Phi) is 5.93. The molecule has 0 saturated carbocycles. The Morgan fingerprint density at radius 1 is 1.09 bits per heavy atom. The first-order chi connectivity index (χ1) is 15.5. The molecule has 4 rings (SSSR count). The average Bonchev–Trinajstić information content (AvgIpc) is 3.40. The molecule has 0 aliphatic carbocycles. The highest BCUT2D eigenvalue weighted by Crippen LogP contribution is 2.33. The molecule has 0 bridgehead atoms. The Bertz CT molecular complexity index is 1150. The van der Waals surface area contributed by atoms with Crippen molar-refractivity contribution in [2.45, 2.75) is 19.4 Å². The number of likely N-dealkylation sites (tertiary alicyclic amines) is 1. The van der Waals surface area contributed by atoms with Crippen molar-refractivity contribution in [1.82, 2.24) is 14.7 Å². The van der Waals surface area contributed by atoms with Crippen LogP contribution in [0.1, 0.15) is 29.7 Å². The standard InChI is InChI=1S/C24H25N5O3/c1-2-6-20(30)28-14-13-17(15-28)29-23(25)21(24(26)31)22(27-29)16-9-11-19(12-10-16)32-18-7-4-3-5-8-18/h2-12,17H,13-15,25H2,1H3,(H2,26,31). The van der Waals surface area contributed by atoms with Crippen LogP contribution in [-0.4, -0.2) is 39.6 Å². The van der Waals surface area contributed by atoms with Crippen LogP contribution in [0.3, 0.4) is 0 Å². The maximum atomic E-state index is 12.2. The van der Waals surface area contributed by atoms with Crippen LogP contribution >= 0.6 is 0 Å². The Balaban J connectivity index is 1.61. The first-order valence-corrected chi connectivity index (χ1v) is 10.4.